The number of hydrogen-bond donors (Lipinski definition) is 2. The van der Waals surface area contributed by atoms with Gasteiger partial charge in [0.2, 0.25) is 0 Å². The number of halogens is 1. The number of amidine groups is 1. The van der Waals surface area contributed by atoms with Gasteiger partial charge in [-0.25, -0.2) is 0 Å². The Bertz CT molecular complexity index is 983. The van der Waals surface area contributed by atoms with Crippen LogP contribution in [0.4, 0.5) is 0 Å². The zero-order chi connectivity index (χ0) is 21.3. The van der Waals surface area contributed by atoms with Crippen LogP contribution in [-0.2, 0) is 6.42 Å². The molecule has 0 amide bonds. The summed E-state index contributed by atoms with van der Waals surface area (Å²) in [5, 5.41) is 3.66. The second kappa shape index (κ2) is 10.7. The Morgan fingerprint density at radius 1 is 0.900 bits per heavy atom. The van der Waals surface area contributed by atoms with E-state index in [1.807, 2.05) is 66.7 Å². The van der Waals surface area contributed by atoms with Crippen LogP contribution in [0.2, 0.25) is 0 Å². The van der Waals surface area contributed by atoms with E-state index in [2.05, 4.69) is 33.2 Å². The normalized spacial score (nSPS) is 12.5. The summed E-state index contributed by atoms with van der Waals surface area (Å²) in [7, 11) is 0. The molecule has 0 spiro atoms. The van der Waals surface area contributed by atoms with Gasteiger partial charge in [0.25, 0.3) is 0 Å². The number of ketones is 1. The Morgan fingerprint density at radius 3 is 2.10 bits per heavy atom. The SMILES string of the molecule is N/N=C(\N)C(CCCc1ccccc1)CC(=O)c1ccc(-c2ccc(Br)cc2)cc1. The Morgan fingerprint density at radius 2 is 1.50 bits per heavy atom. The Balaban J connectivity index is 1.62. The molecule has 3 aromatic rings. The van der Waals surface area contributed by atoms with E-state index in [1.54, 1.807) is 0 Å². The third kappa shape index (κ3) is 6.04. The van der Waals surface area contributed by atoms with Crippen molar-refractivity contribution in [3.63, 3.8) is 0 Å². The monoisotopic (exact) mass is 463 g/mol. The number of benzene rings is 3. The molecule has 3 rings (SSSR count). The maximum absolute atomic E-state index is 12.8. The summed E-state index contributed by atoms with van der Waals surface area (Å²) in [5.41, 5.74) is 10.1. The van der Waals surface area contributed by atoms with E-state index in [-0.39, 0.29) is 11.7 Å². The lowest BCUT2D eigenvalue weighted by molar-refractivity contribution is 0.0970. The Labute approximate surface area is 186 Å². The quantitative estimate of drug-likeness (QED) is 0.143. The molecule has 0 saturated heterocycles. The van der Waals surface area contributed by atoms with Crippen LogP contribution in [0.15, 0.2) is 88.4 Å². The van der Waals surface area contributed by atoms with Gasteiger partial charge in [0.15, 0.2) is 5.78 Å². The van der Waals surface area contributed by atoms with E-state index in [9.17, 15) is 4.79 Å². The molecule has 5 heteroatoms. The van der Waals surface area contributed by atoms with Crippen LogP contribution < -0.4 is 11.6 Å². The minimum Gasteiger partial charge on any atom is -0.385 e. The maximum Gasteiger partial charge on any atom is 0.163 e. The number of rotatable bonds is 9. The third-order valence-electron chi connectivity index (χ3n) is 5.24. The first kappa shape index (κ1) is 21.8. The fourth-order valence-electron chi connectivity index (χ4n) is 3.49. The van der Waals surface area contributed by atoms with Gasteiger partial charge < -0.3 is 11.6 Å². The highest BCUT2D eigenvalue weighted by molar-refractivity contribution is 9.10. The van der Waals surface area contributed by atoms with Crippen molar-refractivity contribution < 1.29 is 4.79 Å². The van der Waals surface area contributed by atoms with Gasteiger partial charge in [0, 0.05) is 22.4 Å². The average molecular weight is 464 g/mol. The number of hydrazone groups is 1. The number of aryl methyl sites for hydroxylation is 1. The first-order chi connectivity index (χ1) is 14.6. The summed E-state index contributed by atoms with van der Waals surface area (Å²) in [6.07, 6.45) is 2.93. The molecule has 0 aromatic heterocycles. The van der Waals surface area contributed by atoms with E-state index in [0.717, 1.165) is 34.9 Å². The van der Waals surface area contributed by atoms with Crippen molar-refractivity contribution in [2.45, 2.75) is 25.7 Å². The molecule has 1 atom stereocenters. The molecule has 30 heavy (non-hydrogen) atoms. The van der Waals surface area contributed by atoms with E-state index in [4.69, 9.17) is 11.6 Å². The van der Waals surface area contributed by atoms with Crippen LogP contribution in [0.1, 0.15) is 35.2 Å². The number of carbonyl (C=O) groups is 1. The highest BCUT2D eigenvalue weighted by Gasteiger charge is 2.19. The fourth-order valence-corrected chi connectivity index (χ4v) is 3.75. The predicted octanol–water partition coefficient (Wildman–Crippen LogP) is 5.56. The minimum absolute atomic E-state index is 0.0497. The van der Waals surface area contributed by atoms with Crippen LogP contribution in [-0.4, -0.2) is 11.6 Å². The first-order valence-corrected chi connectivity index (χ1v) is 10.8. The van der Waals surface area contributed by atoms with Gasteiger partial charge in [-0.2, -0.15) is 5.10 Å². The number of hydrogen-bond acceptors (Lipinski definition) is 3. The second-order valence-electron chi connectivity index (χ2n) is 7.34. The van der Waals surface area contributed by atoms with Crippen molar-refractivity contribution in [3.05, 3.63) is 94.5 Å². The molecule has 0 radical (unpaired) electrons. The van der Waals surface area contributed by atoms with Gasteiger partial charge >= 0.3 is 0 Å². The first-order valence-electron chi connectivity index (χ1n) is 10.0. The molecule has 0 aliphatic rings. The highest BCUT2D eigenvalue weighted by atomic mass is 79.9. The summed E-state index contributed by atoms with van der Waals surface area (Å²) in [6.45, 7) is 0. The van der Waals surface area contributed by atoms with E-state index in [0.29, 0.717) is 17.8 Å². The number of nitrogens with two attached hydrogens (primary N) is 2. The third-order valence-corrected chi connectivity index (χ3v) is 5.77. The average Bonchev–Trinajstić information content (AvgIpc) is 2.79. The lowest BCUT2D eigenvalue weighted by Gasteiger charge is -2.15. The van der Waals surface area contributed by atoms with Crippen molar-refractivity contribution in [3.8, 4) is 11.1 Å². The highest BCUT2D eigenvalue weighted by Crippen LogP contribution is 2.23. The van der Waals surface area contributed by atoms with Gasteiger partial charge in [0.05, 0.1) is 0 Å². The molecule has 3 aromatic carbocycles. The Hall–Kier alpha value is -2.92. The number of carbonyl (C=O) groups excluding carboxylic acids is 1. The molecule has 4 nitrogen and oxygen atoms in total. The molecule has 154 valence electrons. The predicted molar refractivity (Wildman–Crippen MR) is 127 cm³/mol. The zero-order valence-electron chi connectivity index (χ0n) is 16.8. The van der Waals surface area contributed by atoms with Gasteiger partial charge in [-0.05, 0) is 48.1 Å². The van der Waals surface area contributed by atoms with Crippen LogP contribution in [0.25, 0.3) is 11.1 Å². The molecule has 0 fully saturated rings. The molecular weight excluding hydrogens is 438 g/mol. The van der Waals surface area contributed by atoms with Gasteiger partial charge in [-0.3, -0.25) is 4.79 Å². The zero-order valence-corrected chi connectivity index (χ0v) is 18.4. The Kier molecular flexibility index (Phi) is 7.80. The number of Topliss-reactive ketones (excluding diaryl/α,β-unsaturated/α-hetero) is 1. The molecule has 0 aliphatic carbocycles. The minimum atomic E-state index is -0.155. The summed E-state index contributed by atoms with van der Waals surface area (Å²) < 4.78 is 1.04. The molecule has 4 N–H and O–H groups in total. The van der Waals surface area contributed by atoms with Crippen LogP contribution in [0.5, 0.6) is 0 Å². The molecular formula is C25H26BrN3O. The van der Waals surface area contributed by atoms with E-state index < -0.39 is 0 Å². The molecule has 0 bridgehead atoms. The standard InChI is InChI=1S/C25H26BrN3O/c26-23-15-13-20(14-16-23)19-9-11-21(12-10-19)24(30)17-22(25(27)29-28)8-4-7-18-5-2-1-3-6-18/h1-3,5-6,9-16,22H,4,7-8,17,28H2,(H2,27,29). The second-order valence-corrected chi connectivity index (χ2v) is 8.26. The summed E-state index contributed by atoms with van der Waals surface area (Å²) in [4.78, 5) is 12.8. The maximum atomic E-state index is 12.8. The molecule has 0 aliphatic heterocycles. The van der Waals surface area contributed by atoms with Crippen molar-refractivity contribution in [2.24, 2.45) is 22.6 Å². The van der Waals surface area contributed by atoms with Crippen molar-refractivity contribution >= 4 is 27.5 Å². The van der Waals surface area contributed by atoms with E-state index in [1.165, 1.54) is 5.56 Å². The van der Waals surface area contributed by atoms with Crippen molar-refractivity contribution in [1.82, 2.24) is 0 Å². The lowest BCUT2D eigenvalue weighted by Crippen LogP contribution is -2.27. The topological polar surface area (TPSA) is 81.5 Å². The summed E-state index contributed by atoms with van der Waals surface area (Å²) in [6, 6.07) is 26.1. The van der Waals surface area contributed by atoms with Crippen molar-refractivity contribution in [1.29, 1.82) is 0 Å². The van der Waals surface area contributed by atoms with E-state index >= 15 is 0 Å². The van der Waals surface area contributed by atoms with Gasteiger partial charge in [-0.1, -0.05) is 82.7 Å². The van der Waals surface area contributed by atoms with Crippen LogP contribution in [0, 0.1) is 5.92 Å². The number of nitrogens with zero attached hydrogens (tertiary/aromatic N) is 1. The largest absolute Gasteiger partial charge is 0.385 e. The fraction of sp³-hybridized carbons (Fsp3) is 0.200. The summed E-state index contributed by atoms with van der Waals surface area (Å²) >= 11 is 3.45. The van der Waals surface area contributed by atoms with Crippen LogP contribution in [0.3, 0.4) is 0 Å². The molecule has 1 unspecified atom stereocenters. The van der Waals surface area contributed by atoms with Crippen molar-refractivity contribution in [2.75, 3.05) is 0 Å². The molecule has 0 heterocycles. The lowest BCUT2D eigenvalue weighted by atomic mass is 9.91. The summed E-state index contributed by atoms with van der Waals surface area (Å²) in [5.74, 6) is 5.64. The van der Waals surface area contributed by atoms with Gasteiger partial charge in [0.1, 0.15) is 5.84 Å². The van der Waals surface area contributed by atoms with Gasteiger partial charge in [-0.15, -0.1) is 0 Å². The molecule has 0 saturated carbocycles. The van der Waals surface area contributed by atoms with Crippen LogP contribution >= 0.6 is 15.9 Å². The smallest absolute Gasteiger partial charge is 0.163 e.